The zero-order valence-electron chi connectivity index (χ0n) is 10.1. The summed E-state index contributed by atoms with van der Waals surface area (Å²) in [5, 5.41) is 7.66. The maximum atomic E-state index is 3.97. The van der Waals surface area contributed by atoms with Gasteiger partial charge in [-0.2, -0.15) is 10.2 Å². The summed E-state index contributed by atoms with van der Waals surface area (Å²) in [6.07, 6.45) is 3.62. The molecule has 2 rings (SSSR count). The van der Waals surface area contributed by atoms with Gasteiger partial charge in [-0.15, -0.1) is 0 Å². The van der Waals surface area contributed by atoms with Crippen molar-refractivity contribution in [3.05, 3.63) is 47.3 Å². The molecule has 0 N–H and O–H groups in total. The Balaban J connectivity index is 0.000000160. The van der Waals surface area contributed by atoms with Crippen LogP contribution in [0.15, 0.2) is 24.5 Å². The molecule has 0 radical (unpaired) electrons. The minimum Gasteiger partial charge on any atom is -0.241 e. The molecule has 4 nitrogen and oxygen atoms in total. The molecule has 2 aromatic rings. The maximum absolute atomic E-state index is 3.97. The summed E-state index contributed by atoms with van der Waals surface area (Å²) in [7, 11) is 0. The smallest absolute Gasteiger partial charge is 0.125 e. The predicted molar refractivity (Wildman–Crippen MR) is 63.0 cm³/mol. The fourth-order valence-electron chi connectivity index (χ4n) is 0.923. The van der Waals surface area contributed by atoms with Crippen molar-refractivity contribution in [2.75, 3.05) is 0 Å². The highest BCUT2D eigenvalue weighted by atomic mass is 15.1. The summed E-state index contributed by atoms with van der Waals surface area (Å²) in [5.74, 6) is 0.829. The highest BCUT2D eigenvalue weighted by molar-refractivity contribution is 5.02. The molecule has 2 heterocycles. The fraction of sp³-hybridized carbons (Fsp3) is 0.333. The first-order valence-electron chi connectivity index (χ1n) is 5.10. The standard InChI is InChI=1S/2C6H8N2/c1-5-3-7-6(2)8-4-5;1-5-3-4-6(2)8-7-5/h2*3-4H,1-2H3. The maximum Gasteiger partial charge on any atom is 0.125 e. The van der Waals surface area contributed by atoms with Crippen LogP contribution in [0.2, 0.25) is 0 Å². The minimum absolute atomic E-state index is 0.829. The van der Waals surface area contributed by atoms with E-state index in [1.54, 1.807) is 0 Å². The van der Waals surface area contributed by atoms with Crippen LogP contribution in [0, 0.1) is 27.7 Å². The second-order valence-corrected chi connectivity index (χ2v) is 3.62. The molecule has 0 fully saturated rings. The topological polar surface area (TPSA) is 51.6 Å². The van der Waals surface area contributed by atoms with Crippen molar-refractivity contribution in [1.29, 1.82) is 0 Å². The predicted octanol–water partition coefficient (Wildman–Crippen LogP) is 2.19. The Morgan fingerprint density at radius 3 is 1.50 bits per heavy atom. The van der Waals surface area contributed by atoms with Crippen molar-refractivity contribution < 1.29 is 0 Å². The van der Waals surface area contributed by atoms with Crippen LogP contribution in [-0.4, -0.2) is 20.2 Å². The summed E-state index contributed by atoms with van der Waals surface area (Å²) < 4.78 is 0. The van der Waals surface area contributed by atoms with Gasteiger partial charge in [0.15, 0.2) is 0 Å². The van der Waals surface area contributed by atoms with Gasteiger partial charge in [-0.25, -0.2) is 9.97 Å². The molecule has 0 aliphatic rings. The molecule has 4 heteroatoms. The van der Waals surface area contributed by atoms with Crippen molar-refractivity contribution in [1.82, 2.24) is 20.2 Å². The van der Waals surface area contributed by atoms with Gasteiger partial charge in [-0.05, 0) is 45.4 Å². The highest BCUT2D eigenvalue weighted by Crippen LogP contribution is 1.90. The lowest BCUT2D eigenvalue weighted by molar-refractivity contribution is 0.941. The van der Waals surface area contributed by atoms with E-state index in [1.165, 1.54) is 0 Å². The van der Waals surface area contributed by atoms with E-state index < -0.39 is 0 Å². The molecule has 0 atom stereocenters. The van der Waals surface area contributed by atoms with Gasteiger partial charge in [-0.3, -0.25) is 0 Å². The Hall–Kier alpha value is -1.84. The van der Waals surface area contributed by atoms with E-state index in [9.17, 15) is 0 Å². The van der Waals surface area contributed by atoms with Crippen LogP contribution in [0.4, 0.5) is 0 Å². The summed E-state index contributed by atoms with van der Waals surface area (Å²) >= 11 is 0. The average Bonchev–Trinajstić information content (AvgIpc) is 2.28. The van der Waals surface area contributed by atoms with Gasteiger partial charge < -0.3 is 0 Å². The first-order chi connectivity index (χ1) is 7.58. The summed E-state index contributed by atoms with van der Waals surface area (Å²) in [5.41, 5.74) is 3.04. The minimum atomic E-state index is 0.829. The lowest BCUT2D eigenvalue weighted by Gasteiger charge is -1.88. The number of aryl methyl sites for hydroxylation is 4. The van der Waals surface area contributed by atoms with E-state index in [2.05, 4.69) is 20.2 Å². The van der Waals surface area contributed by atoms with E-state index in [-0.39, 0.29) is 0 Å². The Labute approximate surface area is 95.8 Å². The Bertz CT molecular complexity index is 334. The summed E-state index contributed by atoms with van der Waals surface area (Å²) in [6, 6.07) is 3.89. The van der Waals surface area contributed by atoms with Crippen molar-refractivity contribution in [3.8, 4) is 0 Å². The van der Waals surface area contributed by atoms with Crippen LogP contribution < -0.4 is 0 Å². The second kappa shape index (κ2) is 5.90. The first kappa shape index (κ1) is 12.2. The molecule has 0 amide bonds. The Kier molecular flexibility index (Phi) is 4.51. The largest absolute Gasteiger partial charge is 0.241 e. The van der Waals surface area contributed by atoms with Crippen LogP contribution in [0.1, 0.15) is 22.8 Å². The fourth-order valence-corrected chi connectivity index (χ4v) is 0.923. The van der Waals surface area contributed by atoms with Crippen molar-refractivity contribution >= 4 is 0 Å². The number of nitrogens with zero attached hydrogens (tertiary/aromatic N) is 4. The zero-order chi connectivity index (χ0) is 12.0. The lowest BCUT2D eigenvalue weighted by atomic mass is 10.4. The number of rotatable bonds is 0. The van der Waals surface area contributed by atoms with Gasteiger partial charge in [-0.1, -0.05) is 0 Å². The van der Waals surface area contributed by atoms with Crippen LogP contribution in [0.25, 0.3) is 0 Å². The molecule has 0 saturated heterocycles. The van der Waals surface area contributed by atoms with Gasteiger partial charge >= 0.3 is 0 Å². The molecular formula is C12H16N4. The van der Waals surface area contributed by atoms with Gasteiger partial charge in [0.25, 0.3) is 0 Å². The molecule has 0 spiro atoms. The molecular weight excluding hydrogens is 200 g/mol. The Morgan fingerprint density at radius 2 is 1.19 bits per heavy atom. The number of aromatic nitrogens is 4. The molecule has 0 unspecified atom stereocenters. The van der Waals surface area contributed by atoms with E-state index in [0.29, 0.717) is 0 Å². The van der Waals surface area contributed by atoms with E-state index >= 15 is 0 Å². The van der Waals surface area contributed by atoms with Crippen LogP contribution >= 0.6 is 0 Å². The zero-order valence-corrected chi connectivity index (χ0v) is 10.1. The monoisotopic (exact) mass is 216 g/mol. The van der Waals surface area contributed by atoms with Crippen molar-refractivity contribution in [2.45, 2.75) is 27.7 Å². The van der Waals surface area contributed by atoms with Gasteiger partial charge in [0.05, 0.1) is 11.4 Å². The quantitative estimate of drug-likeness (QED) is 0.677. The van der Waals surface area contributed by atoms with Crippen LogP contribution in [0.5, 0.6) is 0 Å². The molecule has 0 aliphatic carbocycles. The molecule has 0 aromatic carbocycles. The second-order valence-electron chi connectivity index (χ2n) is 3.62. The third kappa shape index (κ3) is 4.59. The molecule has 0 bridgehead atoms. The highest BCUT2D eigenvalue weighted by Gasteiger charge is 1.83. The Morgan fingerprint density at radius 1 is 0.750 bits per heavy atom. The van der Waals surface area contributed by atoms with Crippen molar-refractivity contribution in [3.63, 3.8) is 0 Å². The normalized spacial score (nSPS) is 9.25. The average molecular weight is 216 g/mol. The van der Waals surface area contributed by atoms with Gasteiger partial charge in [0, 0.05) is 12.4 Å². The molecule has 2 aromatic heterocycles. The lowest BCUT2D eigenvalue weighted by Crippen LogP contribution is -1.86. The van der Waals surface area contributed by atoms with Crippen molar-refractivity contribution in [2.24, 2.45) is 0 Å². The van der Waals surface area contributed by atoms with E-state index in [1.807, 2.05) is 52.2 Å². The van der Waals surface area contributed by atoms with Gasteiger partial charge in [0.1, 0.15) is 5.82 Å². The third-order valence-corrected chi connectivity index (χ3v) is 1.84. The molecule has 0 aliphatic heterocycles. The van der Waals surface area contributed by atoms with Crippen LogP contribution in [-0.2, 0) is 0 Å². The SMILES string of the molecule is Cc1ccc(C)nn1.Cc1cnc(C)nc1. The summed E-state index contributed by atoms with van der Waals surface area (Å²) in [6.45, 7) is 7.69. The third-order valence-electron chi connectivity index (χ3n) is 1.84. The van der Waals surface area contributed by atoms with Gasteiger partial charge in [0.2, 0.25) is 0 Å². The van der Waals surface area contributed by atoms with E-state index in [4.69, 9.17) is 0 Å². The summed E-state index contributed by atoms with van der Waals surface area (Å²) in [4.78, 5) is 7.94. The molecule has 0 saturated carbocycles. The number of hydrogen-bond donors (Lipinski definition) is 0. The number of hydrogen-bond acceptors (Lipinski definition) is 4. The van der Waals surface area contributed by atoms with E-state index in [0.717, 1.165) is 22.8 Å². The molecule has 16 heavy (non-hydrogen) atoms. The van der Waals surface area contributed by atoms with Crippen LogP contribution in [0.3, 0.4) is 0 Å². The first-order valence-corrected chi connectivity index (χ1v) is 5.10. The molecule has 84 valence electrons.